The summed E-state index contributed by atoms with van der Waals surface area (Å²) in [6.45, 7) is 0.0726. The number of hydrogen-bond acceptors (Lipinski definition) is 4. The molecule has 0 spiro atoms. The van der Waals surface area contributed by atoms with Crippen LogP contribution in [0.4, 0.5) is 0 Å². The summed E-state index contributed by atoms with van der Waals surface area (Å²) in [5.41, 5.74) is 0. The molecule has 0 unspecified atom stereocenters. The second-order valence-electron chi connectivity index (χ2n) is 3.31. The second kappa shape index (κ2) is 4.18. The predicted molar refractivity (Wildman–Crippen MR) is 39.6 cm³/mol. The molecule has 0 amide bonds. The molecule has 70 valence electrons. The average Bonchev–Trinajstić information content (AvgIpc) is 2.21. The molecule has 0 bridgehead atoms. The molecule has 2 rings (SSSR count). The molecule has 1 aliphatic heterocycles. The van der Waals surface area contributed by atoms with Crippen LogP contribution in [0.15, 0.2) is 0 Å². The van der Waals surface area contributed by atoms with Gasteiger partial charge in [-0.2, -0.15) is 9.78 Å². The van der Waals surface area contributed by atoms with Crippen molar-refractivity contribution in [3.63, 3.8) is 0 Å². The first-order valence-electron chi connectivity index (χ1n) is 4.53. The summed E-state index contributed by atoms with van der Waals surface area (Å²) in [6, 6.07) is 0. The van der Waals surface area contributed by atoms with Crippen LogP contribution in [-0.4, -0.2) is 13.1 Å². The van der Waals surface area contributed by atoms with E-state index >= 15 is 0 Å². The monoisotopic (exact) mass is 174 g/mol. The Hall–Kier alpha value is -0.160. The highest BCUT2D eigenvalue weighted by Gasteiger charge is 2.29. The molecule has 2 fully saturated rings. The van der Waals surface area contributed by atoms with Crippen LogP contribution in [0, 0.1) is 5.92 Å². The zero-order chi connectivity index (χ0) is 8.23. The normalized spacial score (nSPS) is 29.0. The Morgan fingerprint density at radius 3 is 2.17 bits per heavy atom. The minimum Gasteiger partial charge on any atom is -0.202 e. The van der Waals surface area contributed by atoms with Crippen molar-refractivity contribution in [2.24, 2.45) is 5.92 Å². The Morgan fingerprint density at radius 1 is 0.833 bits per heavy atom. The standard InChI is InChI=1S/C8H14O4/c1-2-4-7(5-3-1)8-11-9-6-10-12-8/h7-8H,1-6H2. The van der Waals surface area contributed by atoms with Crippen molar-refractivity contribution in [3.05, 3.63) is 0 Å². The summed E-state index contributed by atoms with van der Waals surface area (Å²) in [5.74, 6) is 0.444. The largest absolute Gasteiger partial charge is 0.227 e. The summed E-state index contributed by atoms with van der Waals surface area (Å²) in [5, 5.41) is 0. The Labute approximate surface area is 71.6 Å². The SMILES string of the molecule is C1CCC(C2OOCOO2)CC1. The Bertz CT molecular complexity index is 111. The molecule has 0 aromatic rings. The van der Waals surface area contributed by atoms with Gasteiger partial charge >= 0.3 is 0 Å². The highest BCUT2D eigenvalue weighted by molar-refractivity contribution is 4.67. The number of hydrogen-bond donors (Lipinski definition) is 0. The molecule has 0 N–H and O–H groups in total. The summed E-state index contributed by atoms with van der Waals surface area (Å²) < 4.78 is 0. The van der Waals surface area contributed by atoms with Crippen LogP contribution in [0.5, 0.6) is 0 Å². The van der Waals surface area contributed by atoms with Crippen LogP contribution in [0.2, 0.25) is 0 Å². The summed E-state index contributed by atoms with van der Waals surface area (Å²) in [6.07, 6.45) is 5.83. The van der Waals surface area contributed by atoms with Gasteiger partial charge in [0, 0.05) is 5.92 Å². The van der Waals surface area contributed by atoms with E-state index < -0.39 is 0 Å². The zero-order valence-corrected chi connectivity index (χ0v) is 7.03. The van der Waals surface area contributed by atoms with Crippen molar-refractivity contribution in [1.82, 2.24) is 0 Å². The van der Waals surface area contributed by atoms with Gasteiger partial charge in [0.05, 0.1) is 0 Å². The molecule has 4 nitrogen and oxygen atoms in total. The Morgan fingerprint density at radius 2 is 1.50 bits per heavy atom. The molecule has 0 atom stereocenters. The van der Waals surface area contributed by atoms with E-state index in [1.807, 2.05) is 0 Å². The van der Waals surface area contributed by atoms with Gasteiger partial charge in [-0.15, -0.1) is 0 Å². The lowest BCUT2D eigenvalue weighted by Gasteiger charge is -2.29. The van der Waals surface area contributed by atoms with E-state index in [1.165, 1.54) is 19.3 Å². The first-order chi connectivity index (χ1) is 5.97. The third kappa shape index (κ3) is 1.95. The quantitative estimate of drug-likeness (QED) is 0.567. The van der Waals surface area contributed by atoms with Gasteiger partial charge < -0.3 is 0 Å². The van der Waals surface area contributed by atoms with Gasteiger partial charge in [-0.05, 0) is 12.8 Å². The molecular formula is C8H14O4. The van der Waals surface area contributed by atoms with Gasteiger partial charge in [-0.3, -0.25) is 0 Å². The highest BCUT2D eigenvalue weighted by Crippen LogP contribution is 2.29. The molecule has 0 radical (unpaired) electrons. The summed E-state index contributed by atoms with van der Waals surface area (Å²) in [7, 11) is 0. The Balaban J connectivity index is 1.80. The van der Waals surface area contributed by atoms with Crippen LogP contribution >= 0.6 is 0 Å². The minimum absolute atomic E-state index is 0.0726. The van der Waals surface area contributed by atoms with Crippen LogP contribution in [-0.2, 0) is 19.6 Å². The van der Waals surface area contributed by atoms with Crippen LogP contribution in [0.1, 0.15) is 32.1 Å². The van der Waals surface area contributed by atoms with Gasteiger partial charge in [0.15, 0.2) is 0 Å². The van der Waals surface area contributed by atoms with Crippen LogP contribution < -0.4 is 0 Å². The smallest absolute Gasteiger partial charge is 0.202 e. The lowest BCUT2D eigenvalue weighted by Crippen LogP contribution is -2.33. The van der Waals surface area contributed by atoms with Crippen molar-refractivity contribution in [2.75, 3.05) is 6.79 Å². The van der Waals surface area contributed by atoms with Gasteiger partial charge in [-0.25, -0.2) is 9.78 Å². The van der Waals surface area contributed by atoms with E-state index in [1.54, 1.807) is 0 Å². The molecule has 1 saturated carbocycles. The topological polar surface area (TPSA) is 36.9 Å². The van der Waals surface area contributed by atoms with E-state index in [-0.39, 0.29) is 13.1 Å². The maximum atomic E-state index is 4.97. The molecule has 1 heterocycles. The molecule has 1 aliphatic carbocycles. The van der Waals surface area contributed by atoms with Crippen molar-refractivity contribution >= 4 is 0 Å². The van der Waals surface area contributed by atoms with E-state index in [2.05, 4.69) is 9.78 Å². The van der Waals surface area contributed by atoms with E-state index in [4.69, 9.17) is 9.78 Å². The second-order valence-corrected chi connectivity index (χ2v) is 3.31. The zero-order valence-electron chi connectivity index (χ0n) is 7.03. The molecule has 2 aliphatic rings. The van der Waals surface area contributed by atoms with Gasteiger partial charge in [0.25, 0.3) is 0 Å². The lowest BCUT2D eigenvalue weighted by atomic mass is 9.89. The molecular weight excluding hydrogens is 160 g/mol. The van der Waals surface area contributed by atoms with E-state index in [9.17, 15) is 0 Å². The lowest BCUT2D eigenvalue weighted by molar-refractivity contribution is -0.567. The molecule has 4 heteroatoms. The van der Waals surface area contributed by atoms with Gasteiger partial charge in [-0.1, -0.05) is 19.3 Å². The third-order valence-corrected chi connectivity index (χ3v) is 2.46. The Kier molecular flexibility index (Phi) is 2.94. The van der Waals surface area contributed by atoms with E-state index in [0.29, 0.717) is 5.92 Å². The van der Waals surface area contributed by atoms with Crippen molar-refractivity contribution < 1.29 is 19.6 Å². The molecule has 0 aromatic carbocycles. The van der Waals surface area contributed by atoms with Crippen molar-refractivity contribution in [1.29, 1.82) is 0 Å². The molecule has 0 aromatic heterocycles. The first kappa shape index (κ1) is 8.44. The maximum absolute atomic E-state index is 4.97. The molecule has 12 heavy (non-hydrogen) atoms. The van der Waals surface area contributed by atoms with E-state index in [0.717, 1.165) is 12.8 Å². The van der Waals surface area contributed by atoms with Crippen molar-refractivity contribution in [2.45, 2.75) is 38.4 Å². The fourth-order valence-corrected chi connectivity index (χ4v) is 1.79. The van der Waals surface area contributed by atoms with Gasteiger partial charge in [0.2, 0.25) is 13.1 Å². The first-order valence-corrected chi connectivity index (χ1v) is 4.53. The minimum atomic E-state index is -0.306. The average molecular weight is 174 g/mol. The third-order valence-electron chi connectivity index (χ3n) is 2.46. The number of rotatable bonds is 1. The van der Waals surface area contributed by atoms with Crippen LogP contribution in [0.25, 0.3) is 0 Å². The predicted octanol–water partition coefficient (Wildman–Crippen LogP) is 1.76. The fourth-order valence-electron chi connectivity index (χ4n) is 1.79. The summed E-state index contributed by atoms with van der Waals surface area (Å²) in [4.78, 5) is 19.3. The fraction of sp³-hybridized carbons (Fsp3) is 1.00. The van der Waals surface area contributed by atoms with Crippen LogP contribution in [0.3, 0.4) is 0 Å². The molecule has 1 saturated heterocycles. The van der Waals surface area contributed by atoms with Gasteiger partial charge in [0.1, 0.15) is 0 Å². The maximum Gasteiger partial charge on any atom is 0.227 e. The summed E-state index contributed by atoms with van der Waals surface area (Å²) >= 11 is 0. The van der Waals surface area contributed by atoms with Crippen molar-refractivity contribution in [3.8, 4) is 0 Å². The highest BCUT2D eigenvalue weighted by atomic mass is 17.4.